The van der Waals surface area contributed by atoms with Gasteiger partial charge in [0.25, 0.3) is 0 Å². The lowest BCUT2D eigenvalue weighted by Crippen LogP contribution is -2.16. The zero-order chi connectivity index (χ0) is 11.8. The summed E-state index contributed by atoms with van der Waals surface area (Å²) < 4.78 is 10.8. The van der Waals surface area contributed by atoms with Gasteiger partial charge in [-0.1, -0.05) is 6.92 Å². The quantitative estimate of drug-likeness (QED) is 0.690. The van der Waals surface area contributed by atoms with Crippen molar-refractivity contribution in [1.82, 2.24) is 10.3 Å². The van der Waals surface area contributed by atoms with Crippen LogP contribution in [0.15, 0.2) is 4.42 Å². The third kappa shape index (κ3) is 4.77. The van der Waals surface area contributed by atoms with E-state index in [4.69, 9.17) is 9.15 Å². The zero-order valence-electron chi connectivity index (χ0n) is 10.5. The number of nitrogens with zero attached hydrogens (tertiary/aromatic N) is 1. The summed E-state index contributed by atoms with van der Waals surface area (Å²) >= 11 is 0. The van der Waals surface area contributed by atoms with Crippen molar-refractivity contribution in [1.29, 1.82) is 0 Å². The molecule has 0 aliphatic carbocycles. The summed E-state index contributed by atoms with van der Waals surface area (Å²) in [5.41, 5.74) is 0.975. The Morgan fingerprint density at radius 3 is 2.75 bits per heavy atom. The molecule has 0 unspecified atom stereocenters. The molecule has 1 aromatic heterocycles. The van der Waals surface area contributed by atoms with E-state index < -0.39 is 0 Å². The third-order valence-electron chi connectivity index (χ3n) is 2.34. The molecule has 0 fully saturated rings. The Balaban J connectivity index is 2.03. The van der Waals surface area contributed by atoms with Crippen LogP contribution in [-0.2, 0) is 11.3 Å². The molecule has 4 nitrogen and oxygen atoms in total. The molecule has 1 N–H and O–H groups in total. The highest BCUT2D eigenvalue weighted by molar-refractivity contribution is 5.04. The first kappa shape index (κ1) is 13.2. The summed E-state index contributed by atoms with van der Waals surface area (Å²) in [7, 11) is 0. The molecule has 0 saturated carbocycles. The van der Waals surface area contributed by atoms with E-state index in [9.17, 15) is 0 Å². The van der Waals surface area contributed by atoms with Gasteiger partial charge in [0.2, 0.25) is 5.89 Å². The minimum Gasteiger partial charge on any atom is -0.444 e. The molecule has 0 bridgehead atoms. The molecular weight excluding hydrogens is 204 g/mol. The van der Waals surface area contributed by atoms with Gasteiger partial charge in [0.1, 0.15) is 5.76 Å². The highest BCUT2D eigenvalue weighted by Crippen LogP contribution is 2.07. The van der Waals surface area contributed by atoms with E-state index in [0.29, 0.717) is 6.54 Å². The smallest absolute Gasteiger partial charge is 0.208 e. The molecule has 1 heterocycles. The number of aromatic nitrogens is 1. The SMILES string of the molecule is CCCOCCCNCc1nc(C)c(C)o1. The number of hydrogen-bond donors (Lipinski definition) is 1. The van der Waals surface area contributed by atoms with Crippen LogP contribution in [0, 0.1) is 13.8 Å². The van der Waals surface area contributed by atoms with Crippen LogP contribution in [0.4, 0.5) is 0 Å². The second-order valence-corrected chi connectivity index (χ2v) is 3.89. The van der Waals surface area contributed by atoms with Crippen molar-refractivity contribution >= 4 is 0 Å². The van der Waals surface area contributed by atoms with E-state index in [1.807, 2.05) is 13.8 Å². The van der Waals surface area contributed by atoms with Crippen LogP contribution in [0.3, 0.4) is 0 Å². The van der Waals surface area contributed by atoms with E-state index >= 15 is 0 Å². The van der Waals surface area contributed by atoms with Gasteiger partial charge in [0, 0.05) is 13.2 Å². The van der Waals surface area contributed by atoms with Crippen LogP contribution in [0.2, 0.25) is 0 Å². The first-order chi connectivity index (χ1) is 7.74. The maximum Gasteiger partial charge on any atom is 0.208 e. The van der Waals surface area contributed by atoms with Crippen molar-refractivity contribution in [3.8, 4) is 0 Å². The maximum atomic E-state index is 5.45. The first-order valence-electron chi connectivity index (χ1n) is 5.95. The lowest BCUT2D eigenvalue weighted by molar-refractivity contribution is 0.132. The molecule has 1 aromatic rings. The number of nitrogens with one attached hydrogen (secondary N) is 1. The highest BCUT2D eigenvalue weighted by Gasteiger charge is 2.03. The predicted molar refractivity (Wildman–Crippen MR) is 63.4 cm³/mol. The number of rotatable bonds is 8. The van der Waals surface area contributed by atoms with Gasteiger partial charge in [-0.15, -0.1) is 0 Å². The maximum absolute atomic E-state index is 5.45. The normalized spacial score (nSPS) is 10.9. The third-order valence-corrected chi connectivity index (χ3v) is 2.34. The van der Waals surface area contributed by atoms with E-state index in [1.165, 1.54) is 0 Å². The van der Waals surface area contributed by atoms with Crippen LogP contribution >= 0.6 is 0 Å². The van der Waals surface area contributed by atoms with Crippen LogP contribution in [-0.4, -0.2) is 24.7 Å². The standard InChI is InChI=1S/C12H22N2O2/c1-4-7-15-8-5-6-13-9-12-14-10(2)11(3)16-12/h13H,4-9H2,1-3H3. The summed E-state index contributed by atoms with van der Waals surface area (Å²) in [5.74, 6) is 1.67. The molecule has 0 amide bonds. The lowest BCUT2D eigenvalue weighted by atomic mass is 10.4. The van der Waals surface area contributed by atoms with Crippen molar-refractivity contribution in [2.24, 2.45) is 0 Å². The Kier molecular flexibility index (Phi) is 6.11. The minimum atomic E-state index is 0.697. The van der Waals surface area contributed by atoms with E-state index in [2.05, 4.69) is 17.2 Å². The summed E-state index contributed by atoms with van der Waals surface area (Å²) in [6.45, 7) is 9.33. The Bertz CT molecular complexity index is 278. The van der Waals surface area contributed by atoms with Gasteiger partial charge in [0.15, 0.2) is 0 Å². The molecule has 1 rings (SSSR count). The molecule has 16 heavy (non-hydrogen) atoms. The number of aryl methyl sites for hydroxylation is 2. The fourth-order valence-corrected chi connectivity index (χ4v) is 1.36. The molecule has 0 atom stereocenters. The van der Waals surface area contributed by atoms with Gasteiger partial charge in [-0.05, 0) is 33.2 Å². The van der Waals surface area contributed by atoms with E-state index in [0.717, 1.165) is 49.9 Å². The molecule has 0 spiro atoms. The van der Waals surface area contributed by atoms with Crippen molar-refractivity contribution in [3.63, 3.8) is 0 Å². The molecule has 0 saturated heterocycles. The van der Waals surface area contributed by atoms with Gasteiger partial charge < -0.3 is 14.5 Å². The molecule has 92 valence electrons. The number of oxazole rings is 1. The number of hydrogen-bond acceptors (Lipinski definition) is 4. The first-order valence-corrected chi connectivity index (χ1v) is 5.95. The monoisotopic (exact) mass is 226 g/mol. The predicted octanol–water partition coefficient (Wildman–Crippen LogP) is 2.20. The topological polar surface area (TPSA) is 47.3 Å². The summed E-state index contributed by atoms with van der Waals surface area (Å²) in [5, 5.41) is 3.28. The molecule has 0 aliphatic rings. The molecular formula is C12H22N2O2. The van der Waals surface area contributed by atoms with Gasteiger partial charge >= 0.3 is 0 Å². The molecule has 0 aliphatic heterocycles. The van der Waals surface area contributed by atoms with E-state index in [1.54, 1.807) is 0 Å². The van der Waals surface area contributed by atoms with Gasteiger partial charge in [0.05, 0.1) is 12.2 Å². The molecule has 0 aromatic carbocycles. The summed E-state index contributed by atoms with van der Waals surface area (Å²) in [6.07, 6.45) is 2.11. The fourth-order valence-electron chi connectivity index (χ4n) is 1.36. The largest absolute Gasteiger partial charge is 0.444 e. The van der Waals surface area contributed by atoms with Crippen LogP contribution in [0.1, 0.15) is 37.1 Å². The summed E-state index contributed by atoms with van der Waals surface area (Å²) in [4.78, 5) is 4.30. The van der Waals surface area contributed by atoms with Crippen molar-refractivity contribution in [2.75, 3.05) is 19.8 Å². The van der Waals surface area contributed by atoms with Crippen LogP contribution < -0.4 is 5.32 Å². The fraction of sp³-hybridized carbons (Fsp3) is 0.750. The second-order valence-electron chi connectivity index (χ2n) is 3.89. The Morgan fingerprint density at radius 2 is 2.12 bits per heavy atom. The Hall–Kier alpha value is -0.870. The van der Waals surface area contributed by atoms with Crippen LogP contribution in [0.25, 0.3) is 0 Å². The average Bonchev–Trinajstić information content (AvgIpc) is 2.57. The van der Waals surface area contributed by atoms with Gasteiger partial charge in [-0.3, -0.25) is 0 Å². The Labute approximate surface area is 97.4 Å². The average molecular weight is 226 g/mol. The van der Waals surface area contributed by atoms with Crippen LogP contribution in [0.5, 0.6) is 0 Å². The van der Waals surface area contributed by atoms with E-state index in [-0.39, 0.29) is 0 Å². The number of ether oxygens (including phenoxy) is 1. The molecule has 4 heteroatoms. The van der Waals surface area contributed by atoms with Gasteiger partial charge in [-0.2, -0.15) is 0 Å². The lowest BCUT2D eigenvalue weighted by Gasteiger charge is -2.03. The van der Waals surface area contributed by atoms with Crippen molar-refractivity contribution in [3.05, 3.63) is 17.3 Å². The van der Waals surface area contributed by atoms with Crippen molar-refractivity contribution in [2.45, 2.75) is 40.2 Å². The molecule has 0 radical (unpaired) electrons. The van der Waals surface area contributed by atoms with Gasteiger partial charge in [-0.25, -0.2) is 4.98 Å². The summed E-state index contributed by atoms with van der Waals surface area (Å²) in [6, 6.07) is 0. The minimum absolute atomic E-state index is 0.697. The Morgan fingerprint density at radius 1 is 1.31 bits per heavy atom. The second kappa shape index (κ2) is 7.41. The highest BCUT2D eigenvalue weighted by atomic mass is 16.5. The van der Waals surface area contributed by atoms with Crippen molar-refractivity contribution < 1.29 is 9.15 Å². The zero-order valence-corrected chi connectivity index (χ0v) is 10.5.